The molecule has 0 saturated carbocycles. The molecule has 1 amide bonds. The Morgan fingerprint density at radius 1 is 1.33 bits per heavy atom. The smallest absolute Gasteiger partial charge is 0.259 e. The predicted molar refractivity (Wildman–Crippen MR) is 76.3 cm³/mol. The second-order valence-corrected chi connectivity index (χ2v) is 5.07. The van der Waals surface area contributed by atoms with Crippen LogP contribution in [0.4, 0.5) is 10.2 Å². The molecule has 1 aromatic heterocycles. The first kappa shape index (κ1) is 13.2. The minimum atomic E-state index is -0.734. The van der Waals surface area contributed by atoms with Gasteiger partial charge in [0, 0.05) is 9.77 Å². The summed E-state index contributed by atoms with van der Waals surface area (Å²) in [5, 5.41) is 2.42. The van der Waals surface area contributed by atoms with Gasteiger partial charge in [-0.05, 0) is 46.9 Å². The number of nitrogens with zero attached hydrogens (tertiary/aromatic N) is 1. The van der Waals surface area contributed by atoms with Crippen molar-refractivity contribution in [2.75, 3.05) is 5.32 Å². The summed E-state index contributed by atoms with van der Waals surface area (Å²) in [7, 11) is 0. The maximum Gasteiger partial charge on any atom is 0.259 e. The molecule has 1 heterocycles. The minimum absolute atomic E-state index is 0.0850. The molecule has 2 aromatic rings. The van der Waals surface area contributed by atoms with Crippen molar-refractivity contribution >= 4 is 45.9 Å². The first-order chi connectivity index (χ1) is 8.58. The van der Waals surface area contributed by atoms with Gasteiger partial charge in [0.25, 0.3) is 5.91 Å². The zero-order valence-corrected chi connectivity index (χ0v) is 11.9. The Morgan fingerprint density at radius 2 is 2.11 bits per heavy atom. The third-order valence-electron chi connectivity index (χ3n) is 2.17. The van der Waals surface area contributed by atoms with Gasteiger partial charge in [0.1, 0.15) is 5.82 Å². The van der Waals surface area contributed by atoms with E-state index in [0.717, 1.165) is 3.57 Å². The average Bonchev–Trinajstić information content (AvgIpc) is 2.35. The van der Waals surface area contributed by atoms with E-state index in [1.165, 1.54) is 18.2 Å². The fraction of sp³-hybridized carbons (Fsp3) is 0. The fourth-order valence-corrected chi connectivity index (χ4v) is 1.81. The quantitative estimate of drug-likeness (QED) is 0.812. The Labute approximate surface area is 122 Å². The highest BCUT2D eigenvalue weighted by Crippen LogP contribution is 2.18. The Morgan fingerprint density at radius 3 is 2.78 bits per heavy atom. The second kappa shape index (κ2) is 5.62. The van der Waals surface area contributed by atoms with E-state index in [-0.39, 0.29) is 10.6 Å². The van der Waals surface area contributed by atoms with Crippen LogP contribution in [0, 0.1) is 9.39 Å². The third kappa shape index (κ3) is 2.97. The first-order valence-electron chi connectivity index (χ1n) is 4.95. The number of pyridine rings is 1. The van der Waals surface area contributed by atoms with Crippen LogP contribution in [0.3, 0.4) is 0 Å². The Balaban J connectivity index is 2.22. The molecule has 0 saturated heterocycles. The second-order valence-electron chi connectivity index (χ2n) is 3.42. The highest BCUT2D eigenvalue weighted by atomic mass is 127. The summed E-state index contributed by atoms with van der Waals surface area (Å²) in [6.07, 6.45) is 1.60. The lowest BCUT2D eigenvalue weighted by Gasteiger charge is -2.06. The van der Waals surface area contributed by atoms with Gasteiger partial charge in [0.05, 0.1) is 10.6 Å². The molecular weight excluding hydrogens is 370 g/mol. The van der Waals surface area contributed by atoms with Crippen molar-refractivity contribution in [2.45, 2.75) is 0 Å². The molecule has 18 heavy (non-hydrogen) atoms. The van der Waals surface area contributed by atoms with E-state index in [2.05, 4.69) is 32.9 Å². The van der Waals surface area contributed by atoms with E-state index >= 15 is 0 Å². The lowest BCUT2D eigenvalue weighted by atomic mass is 10.2. The van der Waals surface area contributed by atoms with Gasteiger partial charge in [-0.15, -0.1) is 0 Å². The number of carbonyl (C=O) groups excluding carboxylic acids is 1. The summed E-state index contributed by atoms with van der Waals surface area (Å²) < 4.78 is 14.5. The summed E-state index contributed by atoms with van der Waals surface area (Å²) in [6, 6.07) is 7.70. The zero-order chi connectivity index (χ0) is 13.1. The van der Waals surface area contributed by atoms with Crippen LogP contribution < -0.4 is 5.32 Å². The normalized spacial score (nSPS) is 10.2. The van der Waals surface area contributed by atoms with Crippen LogP contribution in [0.1, 0.15) is 10.4 Å². The maximum absolute atomic E-state index is 13.6. The number of amides is 1. The van der Waals surface area contributed by atoms with Crippen molar-refractivity contribution in [1.29, 1.82) is 0 Å². The van der Waals surface area contributed by atoms with Crippen molar-refractivity contribution < 1.29 is 9.18 Å². The molecule has 1 aromatic carbocycles. The van der Waals surface area contributed by atoms with E-state index < -0.39 is 11.7 Å². The minimum Gasteiger partial charge on any atom is -0.306 e. The summed E-state index contributed by atoms with van der Waals surface area (Å²) in [4.78, 5) is 15.8. The van der Waals surface area contributed by atoms with Gasteiger partial charge in [-0.1, -0.05) is 17.7 Å². The van der Waals surface area contributed by atoms with Crippen molar-refractivity contribution in [3.8, 4) is 0 Å². The highest BCUT2D eigenvalue weighted by Gasteiger charge is 2.14. The molecule has 0 atom stereocenters. The molecule has 6 heteroatoms. The predicted octanol–water partition coefficient (Wildman–Crippen LogP) is 3.73. The Bertz CT molecular complexity index is 589. The molecule has 0 unspecified atom stereocenters. The molecule has 3 nitrogen and oxygen atoms in total. The molecule has 0 bridgehead atoms. The van der Waals surface area contributed by atoms with Gasteiger partial charge >= 0.3 is 0 Å². The molecule has 2 rings (SSSR count). The number of nitrogens with one attached hydrogen (secondary N) is 1. The molecule has 0 aliphatic carbocycles. The molecule has 0 spiro atoms. The molecular formula is C12H7ClFIN2O. The van der Waals surface area contributed by atoms with Crippen molar-refractivity contribution in [2.24, 2.45) is 0 Å². The topological polar surface area (TPSA) is 42.0 Å². The van der Waals surface area contributed by atoms with Crippen molar-refractivity contribution in [1.82, 2.24) is 4.98 Å². The number of anilines is 1. The van der Waals surface area contributed by atoms with Crippen LogP contribution in [-0.4, -0.2) is 10.9 Å². The van der Waals surface area contributed by atoms with Crippen molar-refractivity contribution in [3.63, 3.8) is 0 Å². The van der Waals surface area contributed by atoms with Crippen molar-refractivity contribution in [3.05, 3.63) is 56.5 Å². The van der Waals surface area contributed by atoms with E-state index in [1.807, 2.05) is 0 Å². The van der Waals surface area contributed by atoms with E-state index in [4.69, 9.17) is 11.6 Å². The summed E-state index contributed by atoms with van der Waals surface area (Å²) in [5.41, 5.74) is -0.108. The number of rotatable bonds is 2. The van der Waals surface area contributed by atoms with Crippen LogP contribution in [0.2, 0.25) is 5.02 Å². The third-order valence-corrected chi connectivity index (χ3v) is 3.10. The number of hydrogen-bond acceptors (Lipinski definition) is 2. The van der Waals surface area contributed by atoms with Crippen LogP contribution >= 0.6 is 34.2 Å². The summed E-state index contributed by atoms with van der Waals surface area (Å²) >= 11 is 7.71. The average molecular weight is 377 g/mol. The van der Waals surface area contributed by atoms with Gasteiger partial charge in [-0.25, -0.2) is 9.37 Å². The maximum atomic E-state index is 13.6. The van der Waals surface area contributed by atoms with E-state index in [9.17, 15) is 9.18 Å². The van der Waals surface area contributed by atoms with Gasteiger partial charge in [0.15, 0.2) is 5.82 Å². The molecule has 0 aliphatic rings. The monoisotopic (exact) mass is 376 g/mol. The highest BCUT2D eigenvalue weighted by molar-refractivity contribution is 14.1. The lowest BCUT2D eigenvalue weighted by Crippen LogP contribution is -2.14. The van der Waals surface area contributed by atoms with Crippen LogP contribution in [0.25, 0.3) is 0 Å². The van der Waals surface area contributed by atoms with Crippen LogP contribution in [0.15, 0.2) is 36.5 Å². The Hall–Kier alpha value is -1.21. The first-order valence-corrected chi connectivity index (χ1v) is 6.40. The van der Waals surface area contributed by atoms with Crippen LogP contribution in [0.5, 0.6) is 0 Å². The Kier molecular flexibility index (Phi) is 4.13. The number of benzene rings is 1. The number of hydrogen-bond donors (Lipinski definition) is 1. The molecule has 0 fully saturated rings. The largest absolute Gasteiger partial charge is 0.306 e. The zero-order valence-electron chi connectivity index (χ0n) is 8.95. The number of halogens is 3. The van der Waals surface area contributed by atoms with E-state index in [1.54, 1.807) is 18.3 Å². The standard InChI is InChI=1S/C12H7ClFIN2O/c13-9-3-1-2-8(11(9)14)12(18)17-10-5-4-7(15)6-16-10/h1-6H,(H,16,17,18). The van der Waals surface area contributed by atoms with Gasteiger partial charge in [-0.2, -0.15) is 0 Å². The molecule has 92 valence electrons. The number of aromatic nitrogens is 1. The van der Waals surface area contributed by atoms with Crippen LogP contribution in [-0.2, 0) is 0 Å². The molecule has 0 aliphatic heterocycles. The number of carbonyl (C=O) groups is 1. The van der Waals surface area contributed by atoms with Gasteiger partial charge < -0.3 is 5.32 Å². The SMILES string of the molecule is O=C(Nc1ccc(I)cn1)c1cccc(Cl)c1F. The summed E-state index contributed by atoms with van der Waals surface area (Å²) in [6.45, 7) is 0. The van der Waals surface area contributed by atoms with Gasteiger partial charge in [0.2, 0.25) is 0 Å². The van der Waals surface area contributed by atoms with E-state index in [0.29, 0.717) is 5.82 Å². The van der Waals surface area contributed by atoms with Gasteiger partial charge in [-0.3, -0.25) is 4.79 Å². The summed E-state index contributed by atoms with van der Waals surface area (Å²) in [5.74, 6) is -0.953. The lowest BCUT2D eigenvalue weighted by molar-refractivity contribution is 0.102. The fourth-order valence-electron chi connectivity index (χ4n) is 1.31. The molecule has 0 radical (unpaired) electrons. The molecule has 1 N–H and O–H groups in total.